The van der Waals surface area contributed by atoms with Crippen molar-refractivity contribution in [3.8, 4) is 0 Å². The summed E-state index contributed by atoms with van der Waals surface area (Å²) < 4.78 is 1.13. The fourth-order valence-corrected chi connectivity index (χ4v) is 2.15. The Bertz CT molecular complexity index is 461. The third kappa shape index (κ3) is 2.01. The summed E-state index contributed by atoms with van der Waals surface area (Å²) in [5.74, 6) is 0. The molecule has 2 rings (SSSR count). The Balaban J connectivity index is 2.62. The Hall–Kier alpha value is -0.340. The molecule has 1 unspecified atom stereocenters. The molecule has 0 saturated carbocycles. The van der Waals surface area contributed by atoms with Gasteiger partial charge in [0.15, 0.2) is 0 Å². The summed E-state index contributed by atoms with van der Waals surface area (Å²) in [6.45, 7) is 2.14. The van der Waals surface area contributed by atoms with Gasteiger partial charge in [-0.25, -0.2) is 0 Å². The van der Waals surface area contributed by atoms with E-state index in [4.69, 9.17) is 0 Å². The smallest absolute Gasteiger partial charge is 0.0367 e. The van der Waals surface area contributed by atoms with Crippen LogP contribution in [-0.2, 0) is 0 Å². The number of rotatable bonds is 1. The largest absolute Gasteiger partial charge is 0.0842 e. The number of alkyl halides is 1. The van der Waals surface area contributed by atoms with Gasteiger partial charge in [0.2, 0.25) is 0 Å². The molecular weight excluding hydrogens is 304 g/mol. The van der Waals surface area contributed by atoms with E-state index in [-0.39, 0.29) is 0 Å². The zero-order valence-corrected chi connectivity index (χ0v) is 11.0. The molecule has 14 heavy (non-hydrogen) atoms. The van der Waals surface area contributed by atoms with Gasteiger partial charge in [-0.15, -0.1) is 0 Å². The SMILES string of the molecule is CC(Br)c1ccc2cc(Br)ccc2c1. The van der Waals surface area contributed by atoms with Gasteiger partial charge in [-0.2, -0.15) is 0 Å². The Morgan fingerprint density at radius 1 is 1.00 bits per heavy atom. The topological polar surface area (TPSA) is 0 Å². The van der Waals surface area contributed by atoms with Crippen LogP contribution in [0.5, 0.6) is 0 Å². The predicted octanol–water partition coefficient (Wildman–Crippen LogP) is 5.06. The van der Waals surface area contributed by atoms with E-state index in [9.17, 15) is 0 Å². The van der Waals surface area contributed by atoms with Gasteiger partial charge >= 0.3 is 0 Å². The van der Waals surface area contributed by atoms with Gasteiger partial charge in [0, 0.05) is 9.30 Å². The first-order valence-electron chi connectivity index (χ1n) is 4.50. The highest BCUT2D eigenvalue weighted by Gasteiger charge is 2.01. The van der Waals surface area contributed by atoms with E-state index in [1.54, 1.807) is 0 Å². The lowest BCUT2D eigenvalue weighted by Crippen LogP contribution is -1.83. The molecule has 0 N–H and O–H groups in total. The minimum Gasteiger partial charge on any atom is -0.0842 e. The van der Waals surface area contributed by atoms with Crippen molar-refractivity contribution >= 4 is 42.6 Å². The molecule has 0 bridgehead atoms. The number of hydrogen-bond donors (Lipinski definition) is 0. The quantitative estimate of drug-likeness (QED) is 0.646. The fourth-order valence-electron chi connectivity index (χ4n) is 1.48. The zero-order valence-electron chi connectivity index (χ0n) is 7.80. The minimum absolute atomic E-state index is 0.413. The van der Waals surface area contributed by atoms with Crippen LogP contribution in [0.4, 0.5) is 0 Å². The minimum atomic E-state index is 0.413. The van der Waals surface area contributed by atoms with Gasteiger partial charge < -0.3 is 0 Å². The third-order valence-corrected chi connectivity index (χ3v) is 3.31. The first-order valence-corrected chi connectivity index (χ1v) is 6.21. The summed E-state index contributed by atoms with van der Waals surface area (Å²) in [7, 11) is 0. The highest BCUT2D eigenvalue weighted by Crippen LogP contribution is 2.26. The van der Waals surface area contributed by atoms with Crippen LogP contribution in [0.2, 0.25) is 0 Å². The summed E-state index contributed by atoms with van der Waals surface area (Å²) in [5.41, 5.74) is 1.32. The molecule has 0 fully saturated rings. The molecule has 0 aliphatic heterocycles. The molecule has 1 atom stereocenters. The lowest BCUT2D eigenvalue weighted by molar-refractivity contribution is 1.13. The van der Waals surface area contributed by atoms with Crippen LogP contribution in [0.3, 0.4) is 0 Å². The second-order valence-corrected chi connectivity index (χ2v) is 5.66. The van der Waals surface area contributed by atoms with Crippen LogP contribution in [0.1, 0.15) is 17.3 Å². The molecule has 0 aromatic heterocycles. The Kier molecular flexibility index (Phi) is 2.93. The Morgan fingerprint density at radius 2 is 1.64 bits per heavy atom. The van der Waals surface area contributed by atoms with Crippen molar-refractivity contribution in [2.24, 2.45) is 0 Å². The predicted molar refractivity (Wildman–Crippen MR) is 69.0 cm³/mol. The van der Waals surface area contributed by atoms with E-state index in [0.717, 1.165) is 4.47 Å². The summed E-state index contributed by atoms with van der Waals surface area (Å²) in [6, 6.07) is 12.9. The van der Waals surface area contributed by atoms with Crippen molar-refractivity contribution in [2.45, 2.75) is 11.8 Å². The maximum Gasteiger partial charge on any atom is 0.0367 e. The van der Waals surface area contributed by atoms with E-state index >= 15 is 0 Å². The standard InChI is InChI=1S/C12H10Br2/c1-8(13)9-2-3-11-7-12(14)5-4-10(11)6-9/h2-8H,1H3. The van der Waals surface area contributed by atoms with Gasteiger partial charge in [-0.3, -0.25) is 0 Å². The molecule has 2 aromatic rings. The molecule has 2 heteroatoms. The number of fused-ring (bicyclic) bond motifs is 1. The van der Waals surface area contributed by atoms with Gasteiger partial charge in [0.25, 0.3) is 0 Å². The van der Waals surface area contributed by atoms with Gasteiger partial charge in [-0.1, -0.05) is 56.1 Å². The highest BCUT2D eigenvalue weighted by molar-refractivity contribution is 9.10. The molecule has 0 aliphatic rings. The first-order chi connectivity index (χ1) is 6.66. The van der Waals surface area contributed by atoms with Crippen LogP contribution in [0.15, 0.2) is 40.9 Å². The van der Waals surface area contributed by atoms with Gasteiger partial charge in [0.1, 0.15) is 0 Å². The van der Waals surface area contributed by atoms with E-state index in [1.807, 2.05) is 0 Å². The average Bonchev–Trinajstić information content (AvgIpc) is 2.16. The van der Waals surface area contributed by atoms with E-state index in [2.05, 4.69) is 75.2 Å². The average molecular weight is 314 g/mol. The first kappa shape index (κ1) is 10.2. The molecule has 0 heterocycles. The van der Waals surface area contributed by atoms with Crippen molar-refractivity contribution in [3.63, 3.8) is 0 Å². The van der Waals surface area contributed by atoms with Crippen molar-refractivity contribution in [2.75, 3.05) is 0 Å². The third-order valence-electron chi connectivity index (χ3n) is 2.29. The molecule has 2 aromatic carbocycles. The number of benzene rings is 2. The molecule has 0 amide bonds. The maximum atomic E-state index is 3.57. The van der Waals surface area contributed by atoms with Crippen LogP contribution in [-0.4, -0.2) is 0 Å². The van der Waals surface area contributed by atoms with Crippen molar-refractivity contribution < 1.29 is 0 Å². The van der Waals surface area contributed by atoms with Crippen molar-refractivity contribution in [1.29, 1.82) is 0 Å². The van der Waals surface area contributed by atoms with E-state index in [1.165, 1.54) is 16.3 Å². The zero-order chi connectivity index (χ0) is 10.1. The molecule has 0 radical (unpaired) electrons. The van der Waals surface area contributed by atoms with Crippen molar-refractivity contribution in [3.05, 3.63) is 46.4 Å². The van der Waals surface area contributed by atoms with Crippen LogP contribution in [0, 0.1) is 0 Å². The highest BCUT2D eigenvalue weighted by atomic mass is 79.9. The molecule has 0 saturated heterocycles. The molecule has 0 nitrogen and oxygen atoms in total. The maximum absolute atomic E-state index is 3.57. The van der Waals surface area contributed by atoms with Crippen LogP contribution < -0.4 is 0 Å². The molecular formula is C12H10Br2. The van der Waals surface area contributed by atoms with Crippen molar-refractivity contribution in [1.82, 2.24) is 0 Å². The number of halogens is 2. The summed E-state index contributed by atoms with van der Waals surface area (Å²) in [6.07, 6.45) is 0. The Labute approximate surface area is 101 Å². The number of hydrogen-bond acceptors (Lipinski definition) is 0. The van der Waals surface area contributed by atoms with Gasteiger partial charge in [0.05, 0.1) is 0 Å². The fraction of sp³-hybridized carbons (Fsp3) is 0.167. The monoisotopic (exact) mass is 312 g/mol. The second-order valence-electron chi connectivity index (χ2n) is 3.37. The van der Waals surface area contributed by atoms with E-state index < -0.39 is 0 Å². The molecule has 72 valence electrons. The van der Waals surface area contributed by atoms with Crippen LogP contribution in [0.25, 0.3) is 10.8 Å². The summed E-state index contributed by atoms with van der Waals surface area (Å²) in [5, 5.41) is 2.56. The van der Waals surface area contributed by atoms with Gasteiger partial charge in [-0.05, 0) is 35.4 Å². The molecule has 0 spiro atoms. The second kappa shape index (κ2) is 4.03. The van der Waals surface area contributed by atoms with Crippen LogP contribution >= 0.6 is 31.9 Å². The lowest BCUT2D eigenvalue weighted by atomic mass is 10.1. The molecule has 0 aliphatic carbocycles. The Morgan fingerprint density at radius 3 is 2.36 bits per heavy atom. The lowest BCUT2D eigenvalue weighted by Gasteiger charge is -2.05. The summed E-state index contributed by atoms with van der Waals surface area (Å²) >= 11 is 7.04. The normalized spacial score (nSPS) is 13.1. The van der Waals surface area contributed by atoms with E-state index in [0.29, 0.717) is 4.83 Å². The summed E-state index contributed by atoms with van der Waals surface area (Å²) in [4.78, 5) is 0.413.